The second-order valence-corrected chi connectivity index (χ2v) is 11.7. The molecule has 3 rings (SSSR count). The second-order valence-electron chi connectivity index (χ2n) is 9.62. The number of benzene rings is 2. The van der Waals surface area contributed by atoms with Gasteiger partial charge in [-0.3, -0.25) is 9.59 Å². The summed E-state index contributed by atoms with van der Waals surface area (Å²) in [5.74, 6) is -2.94. The van der Waals surface area contributed by atoms with Gasteiger partial charge in [-0.2, -0.15) is 0 Å². The highest BCUT2D eigenvalue weighted by Crippen LogP contribution is 2.21. The van der Waals surface area contributed by atoms with E-state index in [4.69, 9.17) is 4.42 Å². The van der Waals surface area contributed by atoms with E-state index in [2.05, 4.69) is 15.6 Å². The molecule has 0 spiro atoms. The van der Waals surface area contributed by atoms with Crippen molar-refractivity contribution < 1.29 is 27.5 Å². The van der Waals surface area contributed by atoms with Crippen molar-refractivity contribution in [2.24, 2.45) is 5.92 Å². The number of hydrogen-bond donors (Lipinski definition) is 3. The number of amides is 2. The molecule has 0 aliphatic carbocycles. The minimum Gasteiger partial charge on any atom is -0.446 e. The Balaban J connectivity index is 1.79. The van der Waals surface area contributed by atoms with Crippen LogP contribution < -0.4 is 10.6 Å². The highest BCUT2D eigenvalue weighted by molar-refractivity contribution is 7.90. The Hall–Kier alpha value is -3.50. The molecular formula is C28H35N3O6S. The van der Waals surface area contributed by atoms with E-state index >= 15 is 0 Å². The van der Waals surface area contributed by atoms with Crippen LogP contribution in [0.15, 0.2) is 77.5 Å². The number of carbonyl (C=O) groups is 2. The SMILES string of the molecule is CC(C)NC(=O)CC(CS(=O)(=O)Cc1ccccc1)C(=O)NC(CCc1ccccc1)C(O)c1ncco1. The molecule has 0 radical (unpaired) electrons. The van der Waals surface area contributed by atoms with Crippen LogP contribution in [0.4, 0.5) is 0 Å². The van der Waals surface area contributed by atoms with Gasteiger partial charge in [-0.05, 0) is 37.8 Å². The van der Waals surface area contributed by atoms with Crippen LogP contribution >= 0.6 is 0 Å². The van der Waals surface area contributed by atoms with Gasteiger partial charge in [-0.15, -0.1) is 0 Å². The molecule has 0 saturated carbocycles. The van der Waals surface area contributed by atoms with Gasteiger partial charge in [0, 0.05) is 12.5 Å². The van der Waals surface area contributed by atoms with E-state index in [1.807, 2.05) is 30.3 Å². The molecule has 0 saturated heterocycles. The van der Waals surface area contributed by atoms with Gasteiger partial charge in [-0.1, -0.05) is 60.7 Å². The average molecular weight is 542 g/mol. The van der Waals surface area contributed by atoms with Gasteiger partial charge in [0.25, 0.3) is 0 Å². The zero-order valence-corrected chi connectivity index (χ0v) is 22.4. The summed E-state index contributed by atoms with van der Waals surface area (Å²) in [7, 11) is -3.74. The van der Waals surface area contributed by atoms with Crippen molar-refractivity contribution in [3.63, 3.8) is 0 Å². The van der Waals surface area contributed by atoms with Gasteiger partial charge >= 0.3 is 0 Å². The van der Waals surface area contributed by atoms with E-state index in [1.54, 1.807) is 44.2 Å². The standard InChI is InChI=1S/C28H35N3O6S/c1-20(2)30-25(32)17-23(19-38(35,36)18-22-11-7-4-8-12-22)27(34)31-24(26(33)28-29-15-16-37-28)14-13-21-9-5-3-6-10-21/h3-12,15-16,20,23-24,26,33H,13-14,17-19H2,1-2H3,(H,30,32)(H,31,34). The minimum absolute atomic E-state index is 0.0363. The number of nitrogens with zero attached hydrogens (tertiary/aromatic N) is 1. The Morgan fingerprint density at radius 2 is 1.61 bits per heavy atom. The first-order valence-electron chi connectivity index (χ1n) is 12.6. The van der Waals surface area contributed by atoms with Crippen LogP contribution in [0.5, 0.6) is 0 Å². The third-order valence-electron chi connectivity index (χ3n) is 5.94. The number of aryl methyl sites for hydroxylation is 1. The lowest BCUT2D eigenvalue weighted by molar-refractivity contribution is -0.131. The Kier molecular flexibility index (Phi) is 10.6. The predicted molar refractivity (Wildman–Crippen MR) is 143 cm³/mol. The van der Waals surface area contributed by atoms with E-state index in [-0.39, 0.29) is 24.1 Å². The quantitative estimate of drug-likeness (QED) is 0.285. The predicted octanol–water partition coefficient (Wildman–Crippen LogP) is 2.97. The normalized spacial score (nSPS) is 14.0. The monoisotopic (exact) mass is 541 g/mol. The van der Waals surface area contributed by atoms with Crippen molar-refractivity contribution in [1.82, 2.24) is 15.6 Å². The topological polar surface area (TPSA) is 139 Å². The zero-order valence-electron chi connectivity index (χ0n) is 21.6. The van der Waals surface area contributed by atoms with Crippen molar-refractivity contribution in [1.29, 1.82) is 0 Å². The number of nitrogens with one attached hydrogen (secondary N) is 2. The molecule has 2 aromatic carbocycles. The summed E-state index contributed by atoms with van der Waals surface area (Å²) < 4.78 is 31.4. The van der Waals surface area contributed by atoms with Crippen molar-refractivity contribution in [3.05, 3.63) is 90.1 Å². The minimum atomic E-state index is -3.74. The first kappa shape index (κ1) is 29.1. The van der Waals surface area contributed by atoms with Gasteiger partial charge in [0.15, 0.2) is 15.9 Å². The summed E-state index contributed by atoms with van der Waals surface area (Å²) in [5.41, 5.74) is 1.60. The summed E-state index contributed by atoms with van der Waals surface area (Å²) in [4.78, 5) is 30.0. The lowest BCUT2D eigenvalue weighted by Gasteiger charge is -2.25. The molecule has 0 aliphatic rings. The van der Waals surface area contributed by atoms with Crippen LogP contribution in [0, 0.1) is 5.92 Å². The van der Waals surface area contributed by atoms with E-state index in [0.717, 1.165) is 5.56 Å². The smallest absolute Gasteiger partial charge is 0.224 e. The second kappa shape index (κ2) is 13.9. The molecule has 204 valence electrons. The number of hydrogen-bond acceptors (Lipinski definition) is 7. The maximum absolute atomic E-state index is 13.5. The van der Waals surface area contributed by atoms with Gasteiger partial charge in [0.2, 0.25) is 17.7 Å². The summed E-state index contributed by atoms with van der Waals surface area (Å²) >= 11 is 0. The van der Waals surface area contributed by atoms with Crippen LogP contribution in [0.2, 0.25) is 0 Å². The van der Waals surface area contributed by atoms with Gasteiger partial charge < -0.3 is 20.2 Å². The van der Waals surface area contributed by atoms with E-state index in [9.17, 15) is 23.1 Å². The van der Waals surface area contributed by atoms with Gasteiger partial charge in [0.1, 0.15) is 6.26 Å². The summed E-state index contributed by atoms with van der Waals surface area (Å²) in [6.45, 7) is 3.57. The van der Waals surface area contributed by atoms with E-state index in [0.29, 0.717) is 18.4 Å². The summed E-state index contributed by atoms with van der Waals surface area (Å²) in [6.07, 6.45) is 2.02. The number of carbonyl (C=O) groups excluding carboxylic acids is 2. The number of aliphatic hydroxyl groups excluding tert-OH is 1. The molecule has 3 atom stereocenters. The van der Waals surface area contributed by atoms with Crippen LogP contribution in [0.25, 0.3) is 0 Å². The number of oxazole rings is 1. The molecule has 0 fully saturated rings. The summed E-state index contributed by atoms with van der Waals surface area (Å²) in [5, 5.41) is 16.4. The van der Waals surface area contributed by atoms with Crippen molar-refractivity contribution in [3.8, 4) is 0 Å². The zero-order chi connectivity index (χ0) is 27.5. The van der Waals surface area contributed by atoms with E-state index < -0.39 is 45.5 Å². The van der Waals surface area contributed by atoms with Crippen molar-refractivity contribution >= 4 is 21.7 Å². The first-order valence-corrected chi connectivity index (χ1v) is 14.4. The average Bonchev–Trinajstić information content (AvgIpc) is 3.41. The van der Waals surface area contributed by atoms with Crippen LogP contribution in [0.3, 0.4) is 0 Å². The fraction of sp³-hybridized carbons (Fsp3) is 0.393. The van der Waals surface area contributed by atoms with Crippen LogP contribution in [0.1, 0.15) is 49.8 Å². The summed E-state index contributed by atoms with van der Waals surface area (Å²) in [6, 6.07) is 17.2. The number of aliphatic hydroxyl groups is 1. The molecule has 3 unspecified atom stereocenters. The van der Waals surface area contributed by atoms with Gasteiger partial charge in [0.05, 0.1) is 29.7 Å². The Morgan fingerprint density at radius 1 is 0.974 bits per heavy atom. The molecule has 0 bridgehead atoms. The Bertz CT molecular complexity index is 1250. The third kappa shape index (κ3) is 9.42. The molecule has 3 aromatic rings. The molecule has 0 aliphatic heterocycles. The lowest BCUT2D eigenvalue weighted by atomic mass is 9.99. The van der Waals surface area contributed by atoms with Gasteiger partial charge in [-0.25, -0.2) is 13.4 Å². The van der Waals surface area contributed by atoms with Crippen LogP contribution in [-0.4, -0.2) is 48.2 Å². The highest BCUT2D eigenvalue weighted by atomic mass is 32.2. The number of aromatic nitrogens is 1. The van der Waals surface area contributed by atoms with Crippen molar-refractivity contribution in [2.75, 3.05) is 5.75 Å². The highest BCUT2D eigenvalue weighted by Gasteiger charge is 2.32. The third-order valence-corrected chi connectivity index (χ3v) is 7.62. The number of rotatable bonds is 14. The Labute approximate surface area is 223 Å². The maximum atomic E-state index is 13.5. The fourth-order valence-electron chi connectivity index (χ4n) is 4.15. The molecular weight excluding hydrogens is 506 g/mol. The molecule has 38 heavy (non-hydrogen) atoms. The largest absolute Gasteiger partial charge is 0.446 e. The number of sulfone groups is 1. The first-order chi connectivity index (χ1) is 18.1. The molecule has 3 N–H and O–H groups in total. The lowest BCUT2D eigenvalue weighted by Crippen LogP contribution is -2.46. The van der Waals surface area contributed by atoms with Crippen LogP contribution in [-0.2, 0) is 31.6 Å². The maximum Gasteiger partial charge on any atom is 0.224 e. The van der Waals surface area contributed by atoms with E-state index in [1.165, 1.54) is 12.5 Å². The molecule has 1 aromatic heterocycles. The van der Waals surface area contributed by atoms with Crippen molar-refractivity contribution in [2.45, 2.75) is 57.1 Å². The fourth-order valence-corrected chi connectivity index (χ4v) is 5.86. The molecule has 2 amide bonds. The molecule has 9 nitrogen and oxygen atoms in total. The molecule has 1 heterocycles. The Morgan fingerprint density at radius 3 is 2.18 bits per heavy atom. The molecule has 10 heteroatoms.